The average molecular weight is 343 g/mol. The summed E-state index contributed by atoms with van der Waals surface area (Å²) in [6, 6.07) is 0. The molecule has 0 aromatic carbocycles. The smallest absolute Gasteiger partial charge is 0.307 e. The molecule has 0 saturated heterocycles. The third kappa shape index (κ3) is 13.4. The molecule has 0 saturated carbocycles. The number of carbonyl (C=O) groups is 2. The summed E-state index contributed by atoms with van der Waals surface area (Å²) in [6.07, 6.45) is 14.7. The lowest BCUT2D eigenvalue weighted by molar-refractivity contribution is -0.148. The van der Waals surface area contributed by atoms with Crippen LogP contribution in [0.5, 0.6) is 0 Å². The Morgan fingerprint density at radius 2 is 1.25 bits per heavy atom. The number of hydrogen-bond acceptors (Lipinski definition) is 2. The quantitative estimate of drug-likeness (QED) is 0.323. The van der Waals surface area contributed by atoms with Gasteiger partial charge < -0.3 is 10.2 Å². The Morgan fingerprint density at radius 1 is 0.750 bits per heavy atom. The van der Waals surface area contributed by atoms with Gasteiger partial charge in [-0.15, -0.1) is 0 Å². The summed E-state index contributed by atoms with van der Waals surface area (Å²) in [5, 5.41) is 18.1. The minimum Gasteiger partial charge on any atom is -0.481 e. The van der Waals surface area contributed by atoms with Crippen molar-refractivity contribution >= 4 is 11.9 Å². The number of aliphatic carboxylic acids is 2. The lowest BCUT2D eigenvalue weighted by Gasteiger charge is -2.20. The molecule has 2 atom stereocenters. The van der Waals surface area contributed by atoms with Gasteiger partial charge in [0, 0.05) is 0 Å². The molecule has 4 nitrogen and oxygen atoms in total. The van der Waals surface area contributed by atoms with Crippen LogP contribution in [0.3, 0.4) is 0 Å². The van der Waals surface area contributed by atoms with Crippen molar-refractivity contribution in [2.24, 2.45) is 11.8 Å². The molecule has 0 rings (SSSR count). The minimum atomic E-state index is -1.01. The Kier molecular flexibility index (Phi) is 14.8. The van der Waals surface area contributed by atoms with Gasteiger partial charge in [-0.1, -0.05) is 90.9 Å². The van der Waals surface area contributed by atoms with E-state index in [2.05, 4.69) is 13.8 Å². The van der Waals surface area contributed by atoms with Crippen molar-refractivity contribution in [2.45, 2.75) is 104 Å². The highest BCUT2D eigenvalue weighted by Crippen LogP contribution is 2.26. The summed E-state index contributed by atoms with van der Waals surface area (Å²) in [5.74, 6) is -2.36. The molecule has 0 bridgehead atoms. The van der Waals surface area contributed by atoms with Crippen LogP contribution in [0.1, 0.15) is 104 Å². The predicted molar refractivity (Wildman–Crippen MR) is 98.2 cm³/mol. The average Bonchev–Trinajstić information content (AvgIpc) is 2.53. The second kappa shape index (κ2) is 15.5. The molecule has 0 fully saturated rings. The van der Waals surface area contributed by atoms with Crippen LogP contribution < -0.4 is 0 Å². The fraction of sp³-hybridized carbons (Fsp3) is 0.900. The first-order chi connectivity index (χ1) is 11.5. The van der Waals surface area contributed by atoms with Crippen LogP contribution in [-0.4, -0.2) is 22.2 Å². The zero-order valence-electron chi connectivity index (χ0n) is 15.8. The van der Waals surface area contributed by atoms with E-state index in [0.29, 0.717) is 12.3 Å². The zero-order chi connectivity index (χ0) is 18.2. The highest BCUT2D eigenvalue weighted by molar-refractivity contribution is 5.77. The van der Waals surface area contributed by atoms with E-state index >= 15 is 0 Å². The molecule has 0 aliphatic carbocycles. The second-order valence-corrected chi connectivity index (χ2v) is 7.14. The van der Waals surface area contributed by atoms with Crippen LogP contribution in [0.2, 0.25) is 0 Å². The summed E-state index contributed by atoms with van der Waals surface area (Å²) in [6.45, 7) is 4.37. The van der Waals surface area contributed by atoms with Crippen molar-refractivity contribution in [1.82, 2.24) is 0 Å². The number of unbranched alkanes of at least 4 members (excludes halogenated alkanes) is 8. The summed E-state index contributed by atoms with van der Waals surface area (Å²) in [4.78, 5) is 22.1. The molecule has 2 unspecified atom stereocenters. The van der Waals surface area contributed by atoms with E-state index in [1.165, 1.54) is 44.9 Å². The molecule has 0 amide bonds. The van der Waals surface area contributed by atoms with Gasteiger partial charge in [0.1, 0.15) is 0 Å². The normalized spacial score (nSPS) is 13.6. The number of hydrogen-bond donors (Lipinski definition) is 2. The maximum absolute atomic E-state index is 11.3. The molecule has 142 valence electrons. The fourth-order valence-electron chi connectivity index (χ4n) is 3.32. The van der Waals surface area contributed by atoms with Crippen LogP contribution in [0.25, 0.3) is 0 Å². The lowest BCUT2D eigenvalue weighted by Crippen LogP contribution is -2.21. The van der Waals surface area contributed by atoms with E-state index in [0.717, 1.165) is 32.1 Å². The SMILES string of the molecule is CCCCCCCCCCC(CCCC)CC(CC(=O)O)C(=O)O. The lowest BCUT2D eigenvalue weighted by atomic mass is 9.85. The Hall–Kier alpha value is -1.06. The minimum absolute atomic E-state index is 0.255. The van der Waals surface area contributed by atoms with E-state index in [1.807, 2.05) is 0 Å². The van der Waals surface area contributed by atoms with Crippen molar-refractivity contribution in [3.63, 3.8) is 0 Å². The van der Waals surface area contributed by atoms with Gasteiger partial charge in [0.2, 0.25) is 0 Å². The topological polar surface area (TPSA) is 74.6 Å². The van der Waals surface area contributed by atoms with E-state index in [9.17, 15) is 14.7 Å². The van der Waals surface area contributed by atoms with Crippen LogP contribution in [0, 0.1) is 11.8 Å². The van der Waals surface area contributed by atoms with Crippen molar-refractivity contribution in [3.8, 4) is 0 Å². The molecule has 0 aromatic rings. The van der Waals surface area contributed by atoms with Gasteiger partial charge >= 0.3 is 11.9 Å². The first-order valence-electron chi connectivity index (χ1n) is 9.95. The number of carboxylic acid groups (broad SMARTS) is 2. The van der Waals surface area contributed by atoms with Gasteiger partial charge in [0.05, 0.1) is 12.3 Å². The van der Waals surface area contributed by atoms with Crippen molar-refractivity contribution in [1.29, 1.82) is 0 Å². The monoisotopic (exact) mass is 342 g/mol. The van der Waals surface area contributed by atoms with Gasteiger partial charge in [-0.2, -0.15) is 0 Å². The standard InChI is InChI=1S/C20H38O4/c1-3-5-7-8-9-10-11-12-14-17(13-6-4-2)15-18(20(23)24)16-19(21)22/h17-18H,3-16H2,1-2H3,(H,21,22)(H,23,24). The first kappa shape index (κ1) is 22.9. The highest BCUT2D eigenvalue weighted by Gasteiger charge is 2.24. The van der Waals surface area contributed by atoms with Crippen LogP contribution in [-0.2, 0) is 9.59 Å². The molecule has 0 spiro atoms. The highest BCUT2D eigenvalue weighted by atomic mass is 16.4. The Bertz CT molecular complexity index is 328. The predicted octanol–water partition coefficient (Wildman–Crippen LogP) is 5.89. The van der Waals surface area contributed by atoms with E-state index < -0.39 is 17.9 Å². The largest absolute Gasteiger partial charge is 0.481 e. The van der Waals surface area contributed by atoms with Crippen LogP contribution in [0.4, 0.5) is 0 Å². The summed E-state index contributed by atoms with van der Waals surface area (Å²) in [7, 11) is 0. The third-order valence-electron chi connectivity index (χ3n) is 4.82. The Labute approximate surface area is 148 Å². The summed E-state index contributed by atoms with van der Waals surface area (Å²) in [5.41, 5.74) is 0. The van der Waals surface area contributed by atoms with Gasteiger partial charge in [-0.3, -0.25) is 9.59 Å². The van der Waals surface area contributed by atoms with E-state index in [4.69, 9.17) is 5.11 Å². The molecule has 4 heteroatoms. The third-order valence-corrected chi connectivity index (χ3v) is 4.82. The van der Waals surface area contributed by atoms with Gasteiger partial charge in [-0.05, 0) is 12.3 Å². The molecule has 0 radical (unpaired) electrons. The van der Waals surface area contributed by atoms with Crippen LogP contribution in [0.15, 0.2) is 0 Å². The number of carboxylic acids is 2. The van der Waals surface area contributed by atoms with Crippen molar-refractivity contribution < 1.29 is 19.8 Å². The van der Waals surface area contributed by atoms with Gasteiger partial charge in [0.25, 0.3) is 0 Å². The maximum atomic E-state index is 11.3. The van der Waals surface area contributed by atoms with Crippen LogP contribution >= 0.6 is 0 Å². The summed E-state index contributed by atoms with van der Waals surface area (Å²) < 4.78 is 0. The molecule has 0 aromatic heterocycles. The molecule has 0 aliphatic rings. The zero-order valence-corrected chi connectivity index (χ0v) is 15.8. The van der Waals surface area contributed by atoms with E-state index in [1.54, 1.807) is 0 Å². The molecular weight excluding hydrogens is 304 g/mol. The molecule has 24 heavy (non-hydrogen) atoms. The van der Waals surface area contributed by atoms with Crippen molar-refractivity contribution in [3.05, 3.63) is 0 Å². The fourth-order valence-corrected chi connectivity index (χ4v) is 3.32. The first-order valence-corrected chi connectivity index (χ1v) is 9.95. The van der Waals surface area contributed by atoms with Gasteiger partial charge in [-0.25, -0.2) is 0 Å². The number of rotatable bonds is 17. The molecule has 2 N–H and O–H groups in total. The second-order valence-electron chi connectivity index (χ2n) is 7.14. The maximum Gasteiger partial charge on any atom is 0.307 e. The Balaban J connectivity index is 4.11. The van der Waals surface area contributed by atoms with E-state index in [-0.39, 0.29) is 6.42 Å². The van der Waals surface area contributed by atoms with Crippen molar-refractivity contribution in [2.75, 3.05) is 0 Å². The molecule has 0 heterocycles. The van der Waals surface area contributed by atoms with Gasteiger partial charge in [0.15, 0.2) is 0 Å². The Morgan fingerprint density at radius 3 is 1.75 bits per heavy atom. The molecule has 0 aliphatic heterocycles. The summed E-state index contributed by atoms with van der Waals surface area (Å²) >= 11 is 0. The molecular formula is C20H38O4.